The largest absolute Gasteiger partial charge is 0.481 e. The van der Waals surface area contributed by atoms with Crippen LogP contribution in [0.25, 0.3) is 0 Å². The van der Waals surface area contributed by atoms with Gasteiger partial charge in [0.1, 0.15) is 0 Å². The Morgan fingerprint density at radius 3 is 2.75 bits per heavy atom. The van der Waals surface area contributed by atoms with Crippen LogP contribution in [0.15, 0.2) is 17.0 Å². The molecule has 0 saturated carbocycles. The smallest absolute Gasteiger partial charge is 0.306 e. The van der Waals surface area contributed by atoms with Gasteiger partial charge in [0, 0.05) is 4.90 Å². The molecule has 1 N–H and O–H groups in total. The molecule has 16 heavy (non-hydrogen) atoms. The summed E-state index contributed by atoms with van der Waals surface area (Å²) < 4.78 is 0. The number of halogens is 2. The van der Waals surface area contributed by atoms with Gasteiger partial charge in [0.05, 0.1) is 16.0 Å². The summed E-state index contributed by atoms with van der Waals surface area (Å²) in [6.45, 7) is 0. The molecule has 2 nitrogen and oxygen atoms in total. The highest BCUT2D eigenvalue weighted by Crippen LogP contribution is 2.36. The average molecular weight is 277 g/mol. The molecule has 5 heteroatoms. The molecular weight excluding hydrogens is 267 g/mol. The number of aliphatic carboxylic acids is 1. The molecule has 0 fully saturated rings. The predicted molar refractivity (Wildman–Crippen MR) is 66.6 cm³/mol. The maximum atomic E-state index is 11.0. The molecule has 1 heterocycles. The number of carboxylic acids is 1. The molecule has 0 spiro atoms. The van der Waals surface area contributed by atoms with Crippen LogP contribution >= 0.6 is 35.0 Å². The molecule has 86 valence electrons. The van der Waals surface area contributed by atoms with E-state index in [-0.39, 0.29) is 5.92 Å². The Hall–Kier alpha value is -0.380. The molecule has 0 bridgehead atoms. The molecule has 1 unspecified atom stereocenters. The molecule has 1 aromatic carbocycles. The van der Waals surface area contributed by atoms with Gasteiger partial charge in [-0.3, -0.25) is 4.79 Å². The van der Waals surface area contributed by atoms with Gasteiger partial charge >= 0.3 is 5.97 Å². The van der Waals surface area contributed by atoms with Crippen molar-refractivity contribution in [3.05, 3.63) is 27.7 Å². The van der Waals surface area contributed by atoms with E-state index in [1.165, 1.54) is 0 Å². The fraction of sp³-hybridized carbons (Fsp3) is 0.364. The molecule has 2 rings (SSSR count). The number of carboxylic acid groups (broad SMARTS) is 1. The minimum absolute atomic E-state index is 0.314. The van der Waals surface area contributed by atoms with Crippen LogP contribution in [0, 0.1) is 5.92 Å². The van der Waals surface area contributed by atoms with E-state index in [2.05, 4.69) is 0 Å². The first-order valence-electron chi connectivity index (χ1n) is 4.91. The number of fused-ring (bicyclic) bond motifs is 1. The van der Waals surface area contributed by atoms with Crippen molar-refractivity contribution in [1.29, 1.82) is 0 Å². The first-order valence-corrected chi connectivity index (χ1v) is 6.65. The van der Waals surface area contributed by atoms with Crippen LogP contribution in [0.5, 0.6) is 0 Å². The second-order valence-electron chi connectivity index (χ2n) is 3.75. The summed E-state index contributed by atoms with van der Waals surface area (Å²) in [7, 11) is 0. The summed E-state index contributed by atoms with van der Waals surface area (Å²) in [5.41, 5.74) is 0.990. The Balaban J connectivity index is 2.36. The van der Waals surface area contributed by atoms with Crippen LogP contribution in [0.3, 0.4) is 0 Å². The Bertz CT molecular complexity index is 434. The van der Waals surface area contributed by atoms with E-state index in [1.54, 1.807) is 17.8 Å². The Labute approximate surface area is 108 Å². The zero-order valence-electron chi connectivity index (χ0n) is 8.37. The number of hydrogen-bond acceptors (Lipinski definition) is 2. The van der Waals surface area contributed by atoms with Crippen molar-refractivity contribution in [3.63, 3.8) is 0 Å². The van der Waals surface area contributed by atoms with Crippen molar-refractivity contribution in [3.8, 4) is 0 Å². The van der Waals surface area contributed by atoms with Crippen molar-refractivity contribution in [1.82, 2.24) is 0 Å². The Kier molecular flexibility index (Phi) is 3.67. The molecule has 1 aromatic rings. The number of hydrogen-bond donors (Lipinski definition) is 1. The third-order valence-electron chi connectivity index (χ3n) is 2.64. The minimum atomic E-state index is -0.737. The van der Waals surface area contributed by atoms with Crippen LogP contribution in [-0.4, -0.2) is 16.8 Å². The number of carbonyl (C=O) groups is 1. The molecule has 0 aromatic heterocycles. The highest BCUT2D eigenvalue weighted by Gasteiger charge is 2.23. The molecule has 1 aliphatic heterocycles. The van der Waals surface area contributed by atoms with Crippen LogP contribution in [0.2, 0.25) is 10.0 Å². The third kappa shape index (κ3) is 2.47. The molecule has 0 radical (unpaired) electrons. The van der Waals surface area contributed by atoms with Gasteiger partial charge in [0.25, 0.3) is 0 Å². The quantitative estimate of drug-likeness (QED) is 0.849. The van der Waals surface area contributed by atoms with Crippen molar-refractivity contribution in [2.45, 2.75) is 17.7 Å². The topological polar surface area (TPSA) is 37.3 Å². The van der Waals surface area contributed by atoms with E-state index < -0.39 is 5.97 Å². The van der Waals surface area contributed by atoms with Gasteiger partial charge in [-0.25, -0.2) is 0 Å². The summed E-state index contributed by atoms with van der Waals surface area (Å²) >= 11 is 13.5. The molecular formula is C11H10Cl2O2S. The van der Waals surface area contributed by atoms with Crippen molar-refractivity contribution in [2.24, 2.45) is 5.92 Å². The number of benzene rings is 1. The fourth-order valence-corrected chi connectivity index (χ4v) is 3.32. The maximum Gasteiger partial charge on any atom is 0.306 e. The van der Waals surface area contributed by atoms with Gasteiger partial charge in [-0.15, -0.1) is 11.8 Å². The maximum absolute atomic E-state index is 11.0. The van der Waals surface area contributed by atoms with E-state index in [0.29, 0.717) is 22.9 Å². The molecule has 0 aliphatic carbocycles. The predicted octanol–water partition coefficient (Wildman–Crippen LogP) is 3.73. The zero-order valence-corrected chi connectivity index (χ0v) is 10.7. The first-order chi connectivity index (χ1) is 7.58. The van der Waals surface area contributed by atoms with Crippen LogP contribution in [-0.2, 0) is 11.2 Å². The lowest BCUT2D eigenvalue weighted by atomic mass is 9.97. The lowest BCUT2D eigenvalue weighted by Crippen LogP contribution is -2.16. The van der Waals surface area contributed by atoms with Crippen LogP contribution < -0.4 is 0 Å². The Morgan fingerprint density at radius 1 is 1.38 bits per heavy atom. The molecule has 0 amide bonds. The van der Waals surface area contributed by atoms with Crippen molar-refractivity contribution in [2.75, 3.05) is 5.75 Å². The van der Waals surface area contributed by atoms with E-state index >= 15 is 0 Å². The van der Waals surface area contributed by atoms with E-state index in [4.69, 9.17) is 28.3 Å². The fourth-order valence-electron chi connectivity index (χ4n) is 1.75. The minimum Gasteiger partial charge on any atom is -0.481 e. The van der Waals surface area contributed by atoms with Crippen LogP contribution in [0.4, 0.5) is 0 Å². The standard InChI is InChI=1S/C11H10Cl2O2S/c12-8-4-7-3-6(11(14)15)1-2-16-10(7)5-9(8)13/h4-6H,1-3H2,(H,14,15). The summed E-state index contributed by atoms with van der Waals surface area (Å²) in [5, 5.41) is 10.1. The molecule has 1 atom stereocenters. The van der Waals surface area contributed by atoms with E-state index in [1.807, 2.05) is 6.07 Å². The second kappa shape index (κ2) is 4.86. The van der Waals surface area contributed by atoms with Gasteiger partial charge in [0.2, 0.25) is 0 Å². The van der Waals surface area contributed by atoms with Gasteiger partial charge in [-0.2, -0.15) is 0 Å². The number of thioether (sulfide) groups is 1. The van der Waals surface area contributed by atoms with Gasteiger partial charge in [-0.05, 0) is 36.3 Å². The van der Waals surface area contributed by atoms with Crippen molar-refractivity contribution >= 4 is 40.9 Å². The van der Waals surface area contributed by atoms with Crippen LogP contribution in [0.1, 0.15) is 12.0 Å². The third-order valence-corrected chi connectivity index (χ3v) is 4.50. The summed E-state index contributed by atoms with van der Waals surface area (Å²) in [5.74, 6) is -0.243. The summed E-state index contributed by atoms with van der Waals surface area (Å²) in [6.07, 6.45) is 1.22. The average Bonchev–Trinajstić information content (AvgIpc) is 2.41. The highest BCUT2D eigenvalue weighted by molar-refractivity contribution is 7.99. The molecule has 0 saturated heterocycles. The Morgan fingerprint density at radius 2 is 2.06 bits per heavy atom. The number of rotatable bonds is 1. The lowest BCUT2D eigenvalue weighted by molar-refractivity contribution is -0.141. The van der Waals surface area contributed by atoms with Gasteiger partial charge in [0.15, 0.2) is 0 Å². The van der Waals surface area contributed by atoms with Gasteiger partial charge < -0.3 is 5.11 Å². The molecule has 1 aliphatic rings. The zero-order chi connectivity index (χ0) is 11.7. The first kappa shape index (κ1) is 12.1. The monoisotopic (exact) mass is 276 g/mol. The second-order valence-corrected chi connectivity index (χ2v) is 5.70. The summed E-state index contributed by atoms with van der Waals surface area (Å²) in [4.78, 5) is 12.1. The van der Waals surface area contributed by atoms with Crippen molar-refractivity contribution < 1.29 is 9.90 Å². The SMILES string of the molecule is O=C(O)C1CCSc2cc(Cl)c(Cl)cc2C1. The summed E-state index contributed by atoms with van der Waals surface area (Å²) in [6, 6.07) is 3.61. The van der Waals surface area contributed by atoms with E-state index in [9.17, 15) is 4.79 Å². The highest BCUT2D eigenvalue weighted by atomic mass is 35.5. The van der Waals surface area contributed by atoms with E-state index in [0.717, 1.165) is 16.2 Å². The lowest BCUT2D eigenvalue weighted by Gasteiger charge is -2.09. The normalized spacial score (nSPS) is 20.0. The van der Waals surface area contributed by atoms with Gasteiger partial charge in [-0.1, -0.05) is 23.2 Å².